The number of rotatable bonds is 7. The van der Waals surface area contributed by atoms with Crippen molar-refractivity contribution in [3.8, 4) is 5.75 Å². The summed E-state index contributed by atoms with van der Waals surface area (Å²) in [6.45, 7) is 2.61. The lowest BCUT2D eigenvalue weighted by Crippen LogP contribution is -2.24. The van der Waals surface area contributed by atoms with E-state index in [9.17, 15) is 9.50 Å². The first kappa shape index (κ1) is 14.5. The average molecular weight is 258 g/mol. The Morgan fingerprint density at radius 1 is 1.50 bits per heavy atom. The molecule has 0 aliphatic rings. The van der Waals surface area contributed by atoms with E-state index >= 15 is 0 Å². The van der Waals surface area contributed by atoms with Gasteiger partial charge in [0.15, 0.2) is 11.6 Å². The third-order valence-electron chi connectivity index (χ3n) is 2.29. The highest BCUT2D eigenvalue weighted by Gasteiger charge is 2.10. The molecule has 5 nitrogen and oxygen atoms in total. The number of hydrogen-bond acceptors (Lipinski definition) is 5. The van der Waals surface area contributed by atoms with Crippen LogP contribution in [0.15, 0.2) is 12.1 Å². The van der Waals surface area contributed by atoms with Crippen molar-refractivity contribution in [3.05, 3.63) is 17.9 Å². The van der Waals surface area contributed by atoms with Crippen molar-refractivity contribution in [1.29, 1.82) is 0 Å². The summed E-state index contributed by atoms with van der Waals surface area (Å²) in [5.41, 5.74) is 6.46. The van der Waals surface area contributed by atoms with Crippen LogP contribution in [0, 0.1) is 5.82 Å². The Hall–Kier alpha value is -1.53. The van der Waals surface area contributed by atoms with Crippen LogP contribution in [0.2, 0.25) is 0 Å². The van der Waals surface area contributed by atoms with Crippen molar-refractivity contribution < 1.29 is 19.0 Å². The highest BCUT2D eigenvalue weighted by molar-refractivity contribution is 5.68. The fourth-order valence-corrected chi connectivity index (χ4v) is 1.47. The summed E-state index contributed by atoms with van der Waals surface area (Å²) in [7, 11) is 1.50. The van der Waals surface area contributed by atoms with Gasteiger partial charge in [0.1, 0.15) is 0 Å². The summed E-state index contributed by atoms with van der Waals surface area (Å²) in [6, 6.07) is 2.67. The van der Waals surface area contributed by atoms with E-state index in [1.165, 1.54) is 19.2 Å². The standard InChI is InChI=1S/C12H19FN2O3/c1-3-18-12-5-11(10(14)4-9(12)13)15-6-8(16)7-17-2/h4-5,8,15-16H,3,6-7,14H2,1-2H3. The number of benzene rings is 1. The second-order valence-electron chi connectivity index (χ2n) is 3.79. The number of nitrogens with one attached hydrogen (secondary N) is 1. The van der Waals surface area contributed by atoms with Gasteiger partial charge in [0, 0.05) is 25.8 Å². The first-order valence-corrected chi connectivity index (χ1v) is 5.71. The summed E-state index contributed by atoms with van der Waals surface area (Å²) in [5, 5.41) is 12.4. The Morgan fingerprint density at radius 2 is 2.22 bits per heavy atom. The molecule has 1 unspecified atom stereocenters. The summed E-state index contributed by atoms with van der Waals surface area (Å²) in [5.74, 6) is -0.368. The lowest BCUT2D eigenvalue weighted by molar-refractivity contribution is 0.0727. The molecule has 0 aliphatic heterocycles. The number of halogens is 1. The van der Waals surface area contributed by atoms with Crippen molar-refractivity contribution >= 4 is 11.4 Å². The molecule has 0 fully saturated rings. The maximum Gasteiger partial charge on any atom is 0.167 e. The van der Waals surface area contributed by atoms with E-state index in [4.69, 9.17) is 15.2 Å². The number of nitrogen functional groups attached to an aromatic ring is 1. The van der Waals surface area contributed by atoms with Crippen LogP contribution >= 0.6 is 0 Å². The van der Waals surface area contributed by atoms with Crippen LogP contribution in [0.3, 0.4) is 0 Å². The number of aliphatic hydroxyl groups is 1. The molecule has 0 heterocycles. The zero-order valence-electron chi connectivity index (χ0n) is 10.6. The minimum absolute atomic E-state index is 0.135. The van der Waals surface area contributed by atoms with E-state index in [-0.39, 0.29) is 24.6 Å². The van der Waals surface area contributed by atoms with Gasteiger partial charge in [-0.2, -0.15) is 0 Å². The zero-order valence-corrected chi connectivity index (χ0v) is 10.6. The third-order valence-corrected chi connectivity index (χ3v) is 2.29. The van der Waals surface area contributed by atoms with Gasteiger partial charge in [-0.3, -0.25) is 0 Å². The van der Waals surface area contributed by atoms with Crippen molar-refractivity contribution in [3.63, 3.8) is 0 Å². The monoisotopic (exact) mass is 258 g/mol. The fourth-order valence-electron chi connectivity index (χ4n) is 1.47. The van der Waals surface area contributed by atoms with Gasteiger partial charge in [0.2, 0.25) is 0 Å². The Kier molecular flexibility index (Phi) is 5.67. The minimum atomic E-state index is -0.657. The molecule has 1 rings (SSSR count). The molecule has 0 spiro atoms. The Balaban J connectivity index is 2.72. The average Bonchev–Trinajstić information content (AvgIpc) is 2.31. The molecule has 1 aromatic rings. The topological polar surface area (TPSA) is 76.7 Å². The molecule has 6 heteroatoms. The number of aliphatic hydroxyl groups excluding tert-OH is 1. The molecule has 1 atom stereocenters. The van der Waals surface area contributed by atoms with Crippen LogP contribution in [0.1, 0.15) is 6.92 Å². The highest BCUT2D eigenvalue weighted by Crippen LogP contribution is 2.28. The van der Waals surface area contributed by atoms with Crippen LogP contribution in [-0.2, 0) is 4.74 Å². The van der Waals surface area contributed by atoms with Gasteiger partial charge in [-0.1, -0.05) is 0 Å². The smallest absolute Gasteiger partial charge is 0.167 e. The van der Waals surface area contributed by atoms with Gasteiger partial charge in [0.05, 0.1) is 30.7 Å². The SMILES string of the molecule is CCOc1cc(NCC(O)COC)c(N)cc1F. The summed E-state index contributed by atoms with van der Waals surface area (Å²) in [4.78, 5) is 0. The second kappa shape index (κ2) is 7.03. The normalized spacial score (nSPS) is 12.2. The van der Waals surface area contributed by atoms with Gasteiger partial charge in [-0.25, -0.2) is 4.39 Å². The molecule has 0 aromatic heterocycles. The highest BCUT2D eigenvalue weighted by atomic mass is 19.1. The largest absolute Gasteiger partial charge is 0.491 e. The fraction of sp³-hybridized carbons (Fsp3) is 0.500. The molecule has 102 valence electrons. The molecular formula is C12H19FN2O3. The van der Waals surface area contributed by atoms with Crippen molar-refractivity contribution in [2.45, 2.75) is 13.0 Å². The van der Waals surface area contributed by atoms with Gasteiger partial charge >= 0.3 is 0 Å². The molecule has 4 N–H and O–H groups in total. The minimum Gasteiger partial charge on any atom is -0.491 e. The van der Waals surface area contributed by atoms with Crippen LogP contribution in [0.5, 0.6) is 5.75 Å². The first-order valence-electron chi connectivity index (χ1n) is 5.71. The van der Waals surface area contributed by atoms with Crippen LogP contribution in [0.4, 0.5) is 15.8 Å². The van der Waals surface area contributed by atoms with Gasteiger partial charge in [-0.05, 0) is 6.92 Å². The molecular weight excluding hydrogens is 239 g/mol. The lowest BCUT2D eigenvalue weighted by Gasteiger charge is -2.15. The van der Waals surface area contributed by atoms with Crippen LogP contribution in [-0.4, -0.2) is 38.1 Å². The van der Waals surface area contributed by atoms with Crippen LogP contribution in [0.25, 0.3) is 0 Å². The second-order valence-corrected chi connectivity index (χ2v) is 3.79. The maximum atomic E-state index is 13.4. The van der Waals surface area contributed by atoms with Crippen molar-refractivity contribution in [2.75, 3.05) is 37.9 Å². The van der Waals surface area contributed by atoms with E-state index in [0.717, 1.165) is 0 Å². The van der Waals surface area contributed by atoms with Gasteiger partial charge in [0.25, 0.3) is 0 Å². The van der Waals surface area contributed by atoms with Crippen molar-refractivity contribution in [1.82, 2.24) is 0 Å². The van der Waals surface area contributed by atoms with E-state index in [1.807, 2.05) is 0 Å². The van der Waals surface area contributed by atoms with Gasteiger partial charge < -0.3 is 25.6 Å². The number of hydrogen-bond donors (Lipinski definition) is 3. The summed E-state index contributed by atoms with van der Waals surface area (Å²) < 4.78 is 23.4. The number of methoxy groups -OCH3 is 1. The Morgan fingerprint density at radius 3 is 2.83 bits per heavy atom. The molecule has 0 bridgehead atoms. The van der Waals surface area contributed by atoms with E-state index in [2.05, 4.69) is 5.32 Å². The molecule has 0 saturated carbocycles. The molecule has 18 heavy (non-hydrogen) atoms. The Labute approximate surface area is 106 Å². The van der Waals surface area contributed by atoms with Gasteiger partial charge in [-0.15, -0.1) is 0 Å². The number of nitrogens with two attached hydrogens (primary N) is 1. The third kappa shape index (κ3) is 4.05. The number of ether oxygens (including phenoxy) is 2. The van der Waals surface area contributed by atoms with E-state index < -0.39 is 11.9 Å². The molecule has 0 aliphatic carbocycles. The molecule has 1 aromatic carbocycles. The number of anilines is 2. The molecule has 0 saturated heterocycles. The molecule has 0 radical (unpaired) electrons. The maximum absolute atomic E-state index is 13.4. The predicted molar refractivity (Wildman–Crippen MR) is 68.4 cm³/mol. The van der Waals surface area contributed by atoms with Crippen LogP contribution < -0.4 is 15.8 Å². The van der Waals surface area contributed by atoms with E-state index in [1.54, 1.807) is 6.92 Å². The van der Waals surface area contributed by atoms with E-state index in [0.29, 0.717) is 12.3 Å². The first-order chi connectivity index (χ1) is 8.58. The summed E-state index contributed by atoms with van der Waals surface area (Å²) in [6.07, 6.45) is -0.657. The van der Waals surface area contributed by atoms with Crippen molar-refractivity contribution in [2.24, 2.45) is 0 Å². The zero-order chi connectivity index (χ0) is 13.5. The predicted octanol–water partition coefficient (Wildman–Crippen LogP) is 1.23. The summed E-state index contributed by atoms with van der Waals surface area (Å²) >= 11 is 0. The quantitative estimate of drug-likeness (QED) is 0.641. The Bertz CT molecular complexity index is 388. The lowest BCUT2D eigenvalue weighted by atomic mass is 10.2. The molecule has 0 amide bonds.